The molecule has 1 aliphatic rings. The van der Waals surface area contributed by atoms with E-state index in [9.17, 15) is 9.18 Å². The number of benzene rings is 2. The number of carbonyl (C=O) groups excluding carboxylic acids is 1. The van der Waals surface area contributed by atoms with E-state index < -0.39 is 0 Å². The summed E-state index contributed by atoms with van der Waals surface area (Å²) in [6.07, 6.45) is 0. The number of ether oxygens (including phenoxy) is 1. The minimum Gasteiger partial charge on any atom is -0.379 e. The van der Waals surface area contributed by atoms with E-state index >= 15 is 0 Å². The summed E-state index contributed by atoms with van der Waals surface area (Å²) in [5.74, 6) is 0.0165. The molecule has 1 fully saturated rings. The molecule has 4 rings (SSSR count). The Hall–Kier alpha value is -2.00. The maximum absolute atomic E-state index is 13.3. The highest BCUT2D eigenvalue weighted by Gasteiger charge is 2.22. The molecule has 1 amide bonds. The molecule has 5 nitrogen and oxygen atoms in total. The molecule has 0 saturated carbocycles. The number of carbonyl (C=O) groups is 1. The number of anilines is 1. The number of thiazole rings is 1. The first-order valence-electron chi connectivity index (χ1n) is 10.4. The molecule has 1 saturated heterocycles. The van der Waals surface area contributed by atoms with Gasteiger partial charge in [0.15, 0.2) is 5.13 Å². The summed E-state index contributed by atoms with van der Waals surface area (Å²) >= 11 is 3.00. The third kappa shape index (κ3) is 5.44. The lowest BCUT2D eigenvalue weighted by atomic mass is 10.1. The number of hydrogen-bond acceptors (Lipinski definition) is 6. The first-order chi connectivity index (χ1) is 15.0. The number of amides is 1. The topological polar surface area (TPSA) is 45.7 Å². The van der Waals surface area contributed by atoms with Crippen LogP contribution in [-0.2, 0) is 9.53 Å². The average Bonchev–Trinajstić information content (AvgIpc) is 3.23. The second-order valence-corrected chi connectivity index (χ2v) is 9.64. The lowest BCUT2D eigenvalue weighted by Crippen LogP contribution is -2.43. The predicted molar refractivity (Wildman–Crippen MR) is 126 cm³/mol. The van der Waals surface area contributed by atoms with Crippen molar-refractivity contribution in [1.82, 2.24) is 9.88 Å². The van der Waals surface area contributed by atoms with Gasteiger partial charge in [-0.25, -0.2) is 9.37 Å². The number of fused-ring (bicyclic) bond motifs is 1. The van der Waals surface area contributed by atoms with Gasteiger partial charge in [-0.05, 0) is 49.2 Å². The Bertz CT molecular complexity index is 1010. The van der Waals surface area contributed by atoms with Crippen LogP contribution in [0, 0.1) is 19.7 Å². The van der Waals surface area contributed by atoms with Gasteiger partial charge in [0, 0.05) is 31.1 Å². The van der Waals surface area contributed by atoms with Crippen LogP contribution in [0.5, 0.6) is 0 Å². The van der Waals surface area contributed by atoms with Crippen LogP contribution in [0.1, 0.15) is 11.1 Å². The number of nitrogens with zero attached hydrogens (tertiary/aromatic N) is 3. The number of aryl methyl sites for hydroxylation is 2. The minimum absolute atomic E-state index is 0.0111. The second kappa shape index (κ2) is 10.1. The van der Waals surface area contributed by atoms with Gasteiger partial charge in [0.05, 0.1) is 29.2 Å². The van der Waals surface area contributed by atoms with Crippen molar-refractivity contribution in [2.24, 2.45) is 0 Å². The predicted octanol–water partition coefficient (Wildman–Crippen LogP) is 4.51. The molecular weight excluding hydrogens is 433 g/mol. The number of halogens is 1. The summed E-state index contributed by atoms with van der Waals surface area (Å²) in [4.78, 5) is 23.1. The molecule has 0 radical (unpaired) electrons. The van der Waals surface area contributed by atoms with E-state index in [0.717, 1.165) is 58.7 Å². The Kier molecular flexibility index (Phi) is 7.22. The van der Waals surface area contributed by atoms with Crippen molar-refractivity contribution in [3.05, 3.63) is 53.3 Å². The number of thioether (sulfide) groups is 1. The molecule has 3 aromatic rings. The minimum atomic E-state index is -0.275. The Labute approximate surface area is 190 Å². The molecule has 1 aliphatic heterocycles. The van der Waals surface area contributed by atoms with Crippen LogP contribution in [-0.4, -0.2) is 60.9 Å². The summed E-state index contributed by atoms with van der Waals surface area (Å²) in [5, 5.41) is 0.741. The maximum Gasteiger partial charge on any atom is 0.239 e. The molecule has 1 aromatic heterocycles. The molecule has 2 aromatic carbocycles. The van der Waals surface area contributed by atoms with Crippen LogP contribution in [0.15, 0.2) is 41.3 Å². The molecule has 2 heterocycles. The highest BCUT2D eigenvalue weighted by atomic mass is 32.2. The normalized spacial score (nSPS) is 14.8. The fourth-order valence-corrected chi connectivity index (χ4v) is 5.44. The van der Waals surface area contributed by atoms with Crippen molar-refractivity contribution >= 4 is 44.4 Å². The Morgan fingerprint density at radius 1 is 1.16 bits per heavy atom. The van der Waals surface area contributed by atoms with Gasteiger partial charge < -0.3 is 4.74 Å². The van der Waals surface area contributed by atoms with Crippen molar-refractivity contribution in [3.63, 3.8) is 0 Å². The first-order valence-corrected chi connectivity index (χ1v) is 12.2. The van der Waals surface area contributed by atoms with Gasteiger partial charge in [-0.3, -0.25) is 14.6 Å². The van der Waals surface area contributed by atoms with Gasteiger partial charge >= 0.3 is 0 Å². The Morgan fingerprint density at radius 3 is 2.58 bits per heavy atom. The summed E-state index contributed by atoms with van der Waals surface area (Å²) in [6, 6.07) is 10.4. The number of rotatable bonds is 7. The van der Waals surface area contributed by atoms with E-state index in [1.165, 1.54) is 29.5 Å². The standard InChI is InChI=1S/C23H26FN3O2S2/c1-16-3-4-17(2)22-21(16)25-23(31-22)27(10-9-26-11-13-29-14-12-26)20(28)15-30-19-7-5-18(24)6-8-19/h3-8H,9-15H2,1-2H3. The van der Waals surface area contributed by atoms with Crippen LogP contribution in [0.2, 0.25) is 0 Å². The summed E-state index contributed by atoms with van der Waals surface area (Å²) in [6.45, 7) is 8.71. The van der Waals surface area contributed by atoms with Crippen molar-refractivity contribution in [2.45, 2.75) is 18.7 Å². The molecule has 0 aliphatic carbocycles. The van der Waals surface area contributed by atoms with E-state index in [0.29, 0.717) is 6.54 Å². The monoisotopic (exact) mass is 459 g/mol. The smallest absolute Gasteiger partial charge is 0.239 e. The largest absolute Gasteiger partial charge is 0.379 e. The molecule has 0 N–H and O–H groups in total. The highest BCUT2D eigenvalue weighted by molar-refractivity contribution is 8.00. The van der Waals surface area contributed by atoms with Crippen LogP contribution in [0.4, 0.5) is 9.52 Å². The molecular formula is C23H26FN3O2S2. The third-order valence-electron chi connectivity index (χ3n) is 5.38. The molecule has 0 unspecified atom stereocenters. The number of morpholine rings is 1. The van der Waals surface area contributed by atoms with Crippen LogP contribution in [0.3, 0.4) is 0 Å². The van der Waals surface area contributed by atoms with E-state index in [1.807, 2.05) is 4.90 Å². The quantitative estimate of drug-likeness (QED) is 0.487. The van der Waals surface area contributed by atoms with Crippen molar-refractivity contribution < 1.29 is 13.9 Å². The van der Waals surface area contributed by atoms with Crippen molar-refractivity contribution in [2.75, 3.05) is 50.0 Å². The first kappa shape index (κ1) is 22.2. The van der Waals surface area contributed by atoms with Gasteiger partial charge in [0.25, 0.3) is 0 Å². The summed E-state index contributed by atoms with van der Waals surface area (Å²) in [7, 11) is 0. The highest BCUT2D eigenvalue weighted by Crippen LogP contribution is 2.33. The zero-order valence-electron chi connectivity index (χ0n) is 17.8. The van der Waals surface area contributed by atoms with Gasteiger partial charge in [0.2, 0.25) is 5.91 Å². The Morgan fingerprint density at radius 2 is 1.87 bits per heavy atom. The van der Waals surface area contributed by atoms with E-state index in [2.05, 4.69) is 30.9 Å². The van der Waals surface area contributed by atoms with Crippen molar-refractivity contribution in [1.29, 1.82) is 0 Å². The molecule has 8 heteroatoms. The summed E-state index contributed by atoms with van der Waals surface area (Å²) < 4.78 is 19.7. The van der Waals surface area contributed by atoms with Crippen LogP contribution in [0.25, 0.3) is 10.2 Å². The molecule has 0 spiro atoms. The third-order valence-corrected chi connectivity index (χ3v) is 7.59. The average molecular weight is 460 g/mol. The van der Waals surface area contributed by atoms with Crippen LogP contribution < -0.4 is 4.90 Å². The van der Waals surface area contributed by atoms with Gasteiger partial charge in [-0.1, -0.05) is 23.5 Å². The van der Waals surface area contributed by atoms with E-state index in [-0.39, 0.29) is 17.5 Å². The zero-order chi connectivity index (χ0) is 21.8. The molecule has 31 heavy (non-hydrogen) atoms. The number of aromatic nitrogens is 1. The lowest BCUT2D eigenvalue weighted by molar-refractivity contribution is -0.116. The molecule has 0 bridgehead atoms. The van der Waals surface area contributed by atoms with Gasteiger partial charge in [0.1, 0.15) is 5.82 Å². The zero-order valence-corrected chi connectivity index (χ0v) is 19.4. The van der Waals surface area contributed by atoms with Crippen molar-refractivity contribution in [3.8, 4) is 0 Å². The molecule has 0 atom stereocenters. The fourth-order valence-electron chi connectivity index (χ4n) is 3.51. The lowest BCUT2D eigenvalue weighted by Gasteiger charge is -2.29. The maximum atomic E-state index is 13.3. The van der Waals surface area contributed by atoms with E-state index in [1.54, 1.807) is 23.5 Å². The summed E-state index contributed by atoms with van der Waals surface area (Å²) in [5.41, 5.74) is 3.25. The SMILES string of the molecule is Cc1ccc(C)c2sc(N(CCN3CCOCC3)C(=O)CSc3ccc(F)cc3)nc12. The van der Waals surface area contributed by atoms with E-state index in [4.69, 9.17) is 9.72 Å². The second-order valence-electron chi connectivity index (χ2n) is 7.62. The molecule has 164 valence electrons. The number of hydrogen-bond donors (Lipinski definition) is 0. The fraction of sp³-hybridized carbons (Fsp3) is 0.391. The van der Waals surface area contributed by atoms with Crippen LogP contribution >= 0.6 is 23.1 Å². The van der Waals surface area contributed by atoms with Gasteiger partial charge in [-0.2, -0.15) is 0 Å². The van der Waals surface area contributed by atoms with Gasteiger partial charge in [-0.15, -0.1) is 11.8 Å². The Balaban J connectivity index is 1.54.